The van der Waals surface area contributed by atoms with Crippen molar-refractivity contribution >= 4 is 23.4 Å². The van der Waals surface area contributed by atoms with E-state index in [0.717, 1.165) is 16.8 Å². The molecule has 8 nitrogen and oxygen atoms in total. The zero-order valence-corrected chi connectivity index (χ0v) is 16.3. The predicted molar refractivity (Wildman–Crippen MR) is 105 cm³/mol. The summed E-state index contributed by atoms with van der Waals surface area (Å²) in [5, 5.41) is 15.5. The normalized spacial score (nSPS) is 12.2. The molecule has 1 amide bonds. The molecule has 0 aliphatic carbocycles. The predicted octanol–water partition coefficient (Wildman–Crippen LogP) is 3.13. The number of rotatable bonds is 6. The molecule has 2 heterocycles. The van der Waals surface area contributed by atoms with E-state index in [1.165, 1.54) is 11.8 Å². The fraction of sp³-hybridized carbons (Fsp3) is 0.263. The summed E-state index contributed by atoms with van der Waals surface area (Å²) in [6, 6.07) is 11.4. The van der Waals surface area contributed by atoms with Crippen LogP contribution < -0.4 is 14.8 Å². The van der Waals surface area contributed by atoms with Crippen molar-refractivity contribution in [3.63, 3.8) is 0 Å². The van der Waals surface area contributed by atoms with Crippen molar-refractivity contribution in [2.75, 3.05) is 17.9 Å². The minimum Gasteiger partial charge on any atom is -0.454 e. The van der Waals surface area contributed by atoms with Gasteiger partial charge in [-0.25, -0.2) is 0 Å². The van der Waals surface area contributed by atoms with E-state index in [9.17, 15) is 4.79 Å². The molecule has 28 heavy (non-hydrogen) atoms. The quantitative estimate of drug-likeness (QED) is 0.639. The van der Waals surface area contributed by atoms with Crippen molar-refractivity contribution in [1.29, 1.82) is 0 Å². The smallest absolute Gasteiger partial charge is 0.231 e. The second-order valence-corrected chi connectivity index (χ2v) is 7.39. The van der Waals surface area contributed by atoms with Crippen LogP contribution in [0.5, 0.6) is 11.5 Å². The number of anilines is 1. The van der Waals surface area contributed by atoms with Crippen LogP contribution in [0.15, 0.2) is 41.6 Å². The Morgan fingerprint density at radius 3 is 2.79 bits per heavy atom. The molecule has 2 aromatic carbocycles. The van der Waals surface area contributed by atoms with Gasteiger partial charge in [0.05, 0.1) is 5.69 Å². The van der Waals surface area contributed by atoms with Gasteiger partial charge in [-0.15, -0.1) is 5.10 Å². The summed E-state index contributed by atoms with van der Waals surface area (Å²) in [6.07, 6.45) is 0.332. The Balaban J connectivity index is 1.36. The first-order valence-electron chi connectivity index (χ1n) is 8.79. The largest absolute Gasteiger partial charge is 0.454 e. The topological polar surface area (TPSA) is 91.2 Å². The van der Waals surface area contributed by atoms with Crippen LogP contribution in [0.4, 0.5) is 5.69 Å². The number of fused-ring (bicyclic) bond motifs is 1. The standard InChI is InChI=1S/C19H19N5O3S/c1-12-4-3-5-13(2)18(12)24-19(21-22-23-24)28-9-8-17(25)20-14-6-7-15-16(10-14)27-11-26-15/h3-7,10H,8-9,11H2,1-2H3,(H,20,25). The first-order valence-corrected chi connectivity index (χ1v) is 9.77. The van der Waals surface area contributed by atoms with Gasteiger partial charge < -0.3 is 14.8 Å². The first kappa shape index (κ1) is 18.3. The van der Waals surface area contributed by atoms with E-state index in [4.69, 9.17) is 9.47 Å². The highest BCUT2D eigenvalue weighted by Gasteiger charge is 2.16. The lowest BCUT2D eigenvalue weighted by molar-refractivity contribution is -0.115. The van der Waals surface area contributed by atoms with E-state index in [2.05, 4.69) is 20.8 Å². The third-order valence-corrected chi connectivity index (χ3v) is 5.23. The van der Waals surface area contributed by atoms with Crippen molar-refractivity contribution in [3.05, 3.63) is 47.5 Å². The van der Waals surface area contributed by atoms with E-state index < -0.39 is 0 Å². The number of hydrogen-bond donors (Lipinski definition) is 1. The monoisotopic (exact) mass is 397 g/mol. The molecule has 0 unspecified atom stereocenters. The van der Waals surface area contributed by atoms with Crippen LogP contribution in [0, 0.1) is 13.8 Å². The van der Waals surface area contributed by atoms with Crippen molar-refractivity contribution in [1.82, 2.24) is 20.2 Å². The molecule has 1 aliphatic heterocycles. The molecule has 1 N–H and O–H groups in total. The van der Waals surface area contributed by atoms with Gasteiger partial charge in [-0.1, -0.05) is 30.0 Å². The van der Waals surface area contributed by atoms with Crippen LogP contribution >= 0.6 is 11.8 Å². The SMILES string of the molecule is Cc1cccc(C)c1-n1nnnc1SCCC(=O)Nc1ccc2c(c1)OCO2. The lowest BCUT2D eigenvalue weighted by Crippen LogP contribution is -2.12. The molecule has 3 aromatic rings. The Labute approximate surface area is 166 Å². The number of thioether (sulfide) groups is 1. The van der Waals surface area contributed by atoms with Gasteiger partial charge in [-0.05, 0) is 47.5 Å². The van der Waals surface area contributed by atoms with Crippen LogP contribution in [0.25, 0.3) is 5.69 Å². The number of amides is 1. The average molecular weight is 397 g/mol. The van der Waals surface area contributed by atoms with Crippen LogP contribution in [-0.2, 0) is 4.79 Å². The average Bonchev–Trinajstić information content (AvgIpc) is 3.31. The maximum absolute atomic E-state index is 12.2. The molecule has 0 spiro atoms. The summed E-state index contributed by atoms with van der Waals surface area (Å²) in [4.78, 5) is 12.2. The number of hydrogen-bond acceptors (Lipinski definition) is 7. The summed E-state index contributed by atoms with van der Waals surface area (Å²) < 4.78 is 12.3. The molecule has 0 bridgehead atoms. The maximum atomic E-state index is 12.2. The molecule has 0 atom stereocenters. The van der Waals surface area contributed by atoms with Gasteiger partial charge >= 0.3 is 0 Å². The molecule has 0 radical (unpaired) electrons. The number of carbonyl (C=O) groups excluding carboxylic acids is 1. The van der Waals surface area contributed by atoms with Crippen LogP contribution in [-0.4, -0.2) is 38.7 Å². The molecule has 0 saturated heterocycles. The Morgan fingerprint density at radius 1 is 1.18 bits per heavy atom. The number of benzene rings is 2. The second kappa shape index (κ2) is 7.89. The van der Waals surface area contributed by atoms with E-state index in [1.54, 1.807) is 22.9 Å². The van der Waals surface area contributed by atoms with E-state index >= 15 is 0 Å². The first-order chi connectivity index (χ1) is 13.6. The highest BCUT2D eigenvalue weighted by molar-refractivity contribution is 7.99. The lowest BCUT2D eigenvalue weighted by Gasteiger charge is -2.10. The lowest BCUT2D eigenvalue weighted by atomic mass is 10.1. The molecule has 0 saturated carbocycles. The number of nitrogens with one attached hydrogen (secondary N) is 1. The number of tetrazole rings is 1. The number of aromatic nitrogens is 4. The summed E-state index contributed by atoms with van der Waals surface area (Å²) >= 11 is 1.45. The van der Waals surface area contributed by atoms with E-state index in [1.807, 2.05) is 32.0 Å². The molecule has 9 heteroatoms. The molecule has 144 valence electrons. The van der Waals surface area contributed by atoms with Gasteiger partial charge in [-0.3, -0.25) is 4.79 Å². The Bertz CT molecular complexity index is 1000. The molecular weight excluding hydrogens is 378 g/mol. The van der Waals surface area contributed by atoms with Gasteiger partial charge in [0, 0.05) is 23.9 Å². The summed E-state index contributed by atoms with van der Waals surface area (Å²) in [5.41, 5.74) is 3.84. The highest BCUT2D eigenvalue weighted by Crippen LogP contribution is 2.34. The van der Waals surface area contributed by atoms with E-state index in [-0.39, 0.29) is 12.7 Å². The molecular formula is C19H19N5O3S. The second-order valence-electron chi connectivity index (χ2n) is 6.33. The minimum atomic E-state index is -0.0857. The van der Waals surface area contributed by atoms with Crippen LogP contribution in [0.3, 0.4) is 0 Å². The molecule has 1 aliphatic rings. The number of ether oxygens (including phenoxy) is 2. The van der Waals surface area contributed by atoms with Crippen LogP contribution in [0.1, 0.15) is 17.5 Å². The molecule has 0 fully saturated rings. The third kappa shape index (κ3) is 3.79. The van der Waals surface area contributed by atoms with Crippen molar-refractivity contribution in [3.8, 4) is 17.2 Å². The van der Waals surface area contributed by atoms with Crippen molar-refractivity contribution < 1.29 is 14.3 Å². The summed E-state index contributed by atoms with van der Waals surface area (Å²) in [7, 11) is 0. The molecule has 1 aromatic heterocycles. The highest BCUT2D eigenvalue weighted by atomic mass is 32.2. The van der Waals surface area contributed by atoms with Gasteiger partial charge in [0.15, 0.2) is 11.5 Å². The van der Waals surface area contributed by atoms with Crippen molar-refractivity contribution in [2.45, 2.75) is 25.4 Å². The van der Waals surface area contributed by atoms with Gasteiger partial charge in [0.2, 0.25) is 17.9 Å². The van der Waals surface area contributed by atoms with Crippen molar-refractivity contribution in [2.24, 2.45) is 0 Å². The summed E-state index contributed by atoms with van der Waals surface area (Å²) in [6.45, 7) is 4.26. The Kier molecular flexibility index (Phi) is 5.16. The Hall–Kier alpha value is -3.07. The number of nitrogens with zero attached hydrogens (tertiary/aromatic N) is 4. The number of carbonyl (C=O) groups is 1. The van der Waals surface area contributed by atoms with Crippen LogP contribution in [0.2, 0.25) is 0 Å². The Morgan fingerprint density at radius 2 is 1.96 bits per heavy atom. The molecule has 4 rings (SSSR count). The zero-order chi connectivity index (χ0) is 19.5. The minimum absolute atomic E-state index is 0.0857. The van der Waals surface area contributed by atoms with Gasteiger partial charge in [0.25, 0.3) is 0 Å². The summed E-state index contributed by atoms with van der Waals surface area (Å²) in [5.74, 6) is 1.80. The number of aryl methyl sites for hydroxylation is 2. The number of para-hydroxylation sites is 1. The zero-order valence-electron chi connectivity index (χ0n) is 15.5. The fourth-order valence-corrected chi connectivity index (χ4v) is 3.80. The fourth-order valence-electron chi connectivity index (χ4n) is 2.98. The van der Waals surface area contributed by atoms with Gasteiger partial charge in [0.1, 0.15) is 0 Å². The third-order valence-electron chi connectivity index (χ3n) is 4.31. The van der Waals surface area contributed by atoms with Gasteiger partial charge in [-0.2, -0.15) is 4.68 Å². The maximum Gasteiger partial charge on any atom is 0.231 e. The van der Waals surface area contributed by atoms with E-state index in [0.29, 0.717) is 34.5 Å².